The van der Waals surface area contributed by atoms with Crippen molar-refractivity contribution in [3.8, 4) is 28.6 Å². The van der Waals surface area contributed by atoms with Crippen LogP contribution in [0.2, 0.25) is 0 Å². The van der Waals surface area contributed by atoms with Crippen molar-refractivity contribution in [3.63, 3.8) is 0 Å². The SMILES string of the molecule is C[C@@H]1OC(OC2C(O)[C@H](O)C(CO)O[C@H]2Oc2cc(O)c3c(=O)cc(-c4ccc(O)cc4)oc3c2)[C@H](O)C(O)C1O. The zero-order chi connectivity index (χ0) is 29.6. The molecule has 10 atom stereocenters. The average Bonchev–Trinajstić information content (AvgIpc) is 2.94. The van der Waals surface area contributed by atoms with Gasteiger partial charge >= 0.3 is 0 Å². The fraction of sp³-hybridized carbons (Fsp3) is 0.444. The van der Waals surface area contributed by atoms with Crippen molar-refractivity contribution in [1.29, 1.82) is 0 Å². The molecule has 14 heteroatoms. The monoisotopic (exact) mass is 578 g/mol. The first kappa shape index (κ1) is 29.2. The van der Waals surface area contributed by atoms with Crippen LogP contribution in [0.3, 0.4) is 0 Å². The van der Waals surface area contributed by atoms with Gasteiger partial charge in [0.25, 0.3) is 0 Å². The number of benzene rings is 2. The maximum Gasteiger partial charge on any atom is 0.229 e. The molecule has 0 spiro atoms. The van der Waals surface area contributed by atoms with E-state index in [2.05, 4.69) is 0 Å². The van der Waals surface area contributed by atoms with E-state index >= 15 is 0 Å². The Morgan fingerprint density at radius 3 is 2.22 bits per heavy atom. The van der Waals surface area contributed by atoms with Crippen molar-refractivity contribution < 1.29 is 64.2 Å². The Bertz CT molecular complexity index is 1420. The first-order valence-electron chi connectivity index (χ1n) is 12.7. The van der Waals surface area contributed by atoms with E-state index < -0.39 is 79.2 Å². The third-order valence-electron chi connectivity index (χ3n) is 7.11. The van der Waals surface area contributed by atoms with Gasteiger partial charge in [-0.3, -0.25) is 4.79 Å². The minimum absolute atomic E-state index is 0.00857. The Morgan fingerprint density at radius 2 is 1.54 bits per heavy atom. The molecule has 2 aliphatic heterocycles. The number of ether oxygens (including phenoxy) is 4. The Morgan fingerprint density at radius 1 is 0.829 bits per heavy atom. The molecule has 0 bridgehead atoms. The summed E-state index contributed by atoms with van der Waals surface area (Å²) in [6.07, 6.45) is -15.3. The van der Waals surface area contributed by atoms with Gasteiger partial charge in [-0.05, 0) is 31.2 Å². The van der Waals surface area contributed by atoms with Crippen molar-refractivity contribution >= 4 is 11.0 Å². The van der Waals surface area contributed by atoms with Crippen molar-refractivity contribution in [2.75, 3.05) is 6.61 Å². The highest BCUT2D eigenvalue weighted by Crippen LogP contribution is 2.35. The minimum Gasteiger partial charge on any atom is -0.508 e. The van der Waals surface area contributed by atoms with Crippen LogP contribution in [0.15, 0.2) is 51.7 Å². The molecular formula is C27H30O14. The lowest BCUT2D eigenvalue weighted by Crippen LogP contribution is -2.64. The van der Waals surface area contributed by atoms with Gasteiger partial charge in [-0.1, -0.05) is 0 Å². The number of rotatable bonds is 6. The second-order valence-corrected chi connectivity index (χ2v) is 9.94. The minimum atomic E-state index is -1.76. The third kappa shape index (κ3) is 5.61. The summed E-state index contributed by atoms with van der Waals surface area (Å²) in [6, 6.07) is 9.38. The molecule has 2 aliphatic rings. The molecular weight excluding hydrogens is 548 g/mol. The van der Waals surface area contributed by atoms with E-state index in [0.717, 1.165) is 6.07 Å². The quantitative estimate of drug-likeness (QED) is 0.174. The van der Waals surface area contributed by atoms with Crippen LogP contribution in [0.5, 0.6) is 17.2 Å². The number of hydrogen-bond acceptors (Lipinski definition) is 14. The summed E-state index contributed by atoms with van der Waals surface area (Å²) in [7, 11) is 0. The molecule has 5 rings (SSSR count). The molecule has 3 aromatic rings. The summed E-state index contributed by atoms with van der Waals surface area (Å²) in [5.74, 6) is -0.498. The summed E-state index contributed by atoms with van der Waals surface area (Å²) >= 11 is 0. The molecule has 0 radical (unpaired) electrons. The van der Waals surface area contributed by atoms with Crippen LogP contribution < -0.4 is 10.2 Å². The van der Waals surface area contributed by atoms with Gasteiger partial charge in [0.15, 0.2) is 17.8 Å². The Hall–Kier alpha value is -3.31. The summed E-state index contributed by atoms with van der Waals surface area (Å²) in [6.45, 7) is 0.704. The average molecular weight is 579 g/mol. The van der Waals surface area contributed by atoms with Crippen LogP contribution >= 0.6 is 0 Å². The van der Waals surface area contributed by atoms with Crippen LogP contribution in [0.4, 0.5) is 0 Å². The van der Waals surface area contributed by atoms with Gasteiger partial charge in [0.2, 0.25) is 6.29 Å². The summed E-state index contributed by atoms with van der Waals surface area (Å²) in [4.78, 5) is 12.8. The van der Waals surface area contributed by atoms with Crippen LogP contribution in [-0.4, -0.2) is 109 Å². The fourth-order valence-corrected chi connectivity index (χ4v) is 4.79. The summed E-state index contributed by atoms with van der Waals surface area (Å²) in [5.41, 5.74) is -0.182. The fourth-order valence-electron chi connectivity index (χ4n) is 4.79. The van der Waals surface area contributed by atoms with Gasteiger partial charge in [-0.2, -0.15) is 0 Å². The van der Waals surface area contributed by atoms with E-state index in [1.54, 1.807) is 0 Å². The highest BCUT2D eigenvalue weighted by Gasteiger charge is 2.50. The van der Waals surface area contributed by atoms with Gasteiger partial charge in [0, 0.05) is 23.8 Å². The first-order valence-corrected chi connectivity index (χ1v) is 12.7. The van der Waals surface area contributed by atoms with Gasteiger partial charge < -0.3 is 64.2 Å². The molecule has 1 aromatic heterocycles. The van der Waals surface area contributed by atoms with Crippen LogP contribution in [0.25, 0.3) is 22.3 Å². The molecule has 0 saturated carbocycles. The van der Waals surface area contributed by atoms with E-state index in [-0.39, 0.29) is 28.2 Å². The normalized spacial score (nSPS) is 34.0. The van der Waals surface area contributed by atoms with Gasteiger partial charge in [-0.25, -0.2) is 0 Å². The molecule has 41 heavy (non-hydrogen) atoms. The maximum atomic E-state index is 12.8. The Balaban J connectivity index is 1.47. The molecule has 8 N–H and O–H groups in total. The highest BCUT2D eigenvalue weighted by molar-refractivity contribution is 5.86. The zero-order valence-electron chi connectivity index (χ0n) is 21.5. The Kier molecular flexibility index (Phi) is 8.20. The number of aliphatic hydroxyl groups is 6. The second-order valence-electron chi connectivity index (χ2n) is 9.94. The van der Waals surface area contributed by atoms with Crippen LogP contribution in [0.1, 0.15) is 6.92 Å². The first-order chi connectivity index (χ1) is 19.5. The summed E-state index contributed by atoms with van der Waals surface area (Å²) in [5, 5.41) is 81.4. The standard InChI is InChI=1S/C27H30O14/c1-10-20(32)22(34)24(36)26(37-10)41-25-23(35)21(33)18(9-28)40-27(25)38-13-6-14(30)19-15(31)8-16(39-17(19)7-13)11-2-4-12(29)5-3-11/h2-8,10,18,20-30,32-36H,9H2,1H3/t10-,18?,20?,21+,22?,23?,24+,25?,26?,27+/m0/s1. The highest BCUT2D eigenvalue weighted by atomic mass is 16.8. The zero-order valence-corrected chi connectivity index (χ0v) is 21.5. The van der Waals surface area contributed by atoms with Gasteiger partial charge in [0.1, 0.15) is 70.6 Å². The molecule has 2 aromatic carbocycles. The predicted octanol–water partition coefficient (Wildman–Crippen LogP) is -1.10. The maximum absolute atomic E-state index is 12.8. The van der Waals surface area contributed by atoms with E-state index in [0.29, 0.717) is 5.56 Å². The molecule has 14 nitrogen and oxygen atoms in total. The van der Waals surface area contributed by atoms with Gasteiger partial charge in [-0.15, -0.1) is 0 Å². The largest absolute Gasteiger partial charge is 0.508 e. The molecule has 222 valence electrons. The van der Waals surface area contributed by atoms with E-state index in [9.17, 15) is 45.6 Å². The van der Waals surface area contributed by atoms with Gasteiger partial charge in [0.05, 0.1) is 12.7 Å². The molecule has 3 heterocycles. The lowest BCUT2D eigenvalue weighted by Gasteiger charge is -2.45. The van der Waals surface area contributed by atoms with E-state index in [4.69, 9.17) is 23.4 Å². The Labute approximate surface area is 231 Å². The molecule has 2 saturated heterocycles. The van der Waals surface area contributed by atoms with Crippen molar-refractivity contribution in [2.45, 2.75) is 68.3 Å². The molecule has 0 aliphatic carbocycles. The number of aliphatic hydroxyl groups excluding tert-OH is 6. The lowest BCUT2D eigenvalue weighted by atomic mass is 9.97. The predicted molar refractivity (Wildman–Crippen MR) is 137 cm³/mol. The number of fused-ring (bicyclic) bond motifs is 1. The number of phenols is 2. The van der Waals surface area contributed by atoms with E-state index in [1.807, 2.05) is 0 Å². The number of phenolic OH excluding ortho intramolecular Hbond substituents is 2. The third-order valence-corrected chi connectivity index (χ3v) is 7.11. The van der Waals surface area contributed by atoms with Crippen molar-refractivity contribution in [2.24, 2.45) is 0 Å². The van der Waals surface area contributed by atoms with Crippen LogP contribution in [0, 0.1) is 0 Å². The van der Waals surface area contributed by atoms with Crippen LogP contribution in [-0.2, 0) is 14.2 Å². The summed E-state index contributed by atoms with van der Waals surface area (Å²) < 4.78 is 28.4. The lowest BCUT2D eigenvalue weighted by molar-refractivity contribution is -0.354. The number of aromatic hydroxyl groups is 2. The number of hydrogen-bond donors (Lipinski definition) is 8. The van der Waals surface area contributed by atoms with E-state index in [1.165, 1.54) is 43.3 Å². The topological polar surface area (TPSA) is 229 Å². The molecule has 2 fully saturated rings. The second kappa shape index (κ2) is 11.5. The van der Waals surface area contributed by atoms with Crippen molar-refractivity contribution in [1.82, 2.24) is 0 Å². The molecule has 0 amide bonds. The van der Waals surface area contributed by atoms with Crippen molar-refractivity contribution in [3.05, 3.63) is 52.7 Å². The molecule has 6 unspecified atom stereocenters. The smallest absolute Gasteiger partial charge is 0.229 e.